The van der Waals surface area contributed by atoms with Gasteiger partial charge in [0.1, 0.15) is 0 Å². The van der Waals surface area contributed by atoms with Gasteiger partial charge in [-0.25, -0.2) is 4.98 Å². The van der Waals surface area contributed by atoms with Crippen LogP contribution in [0.25, 0.3) is 5.52 Å². The van der Waals surface area contributed by atoms with Gasteiger partial charge >= 0.3 is 0 Å². The molecule has 26 heavy (non-hydrogen) atoms. The number of anilines is 1. The number of nitriles is 1. The van der Waals surface area contributed by atoms with Crippen molar-refractivity contribution in [1.29, 1.82) is 5.26 Å². The van der Waals surface area contributed by atoms with Gasteiger partial charge in [-0.2, -0.15) is 5.26 Å². The van der Waals surface area contributed by atoms with Crippen molar-refractivity contribution in [3.8, 4) is 6.07 Å². The minimum absolute atomic E-state index is 0.0251. The highest BCUT2D eigenvalue weighted by Gasteiger charge is 2.17. The second-order valence-electron chi connectivity index (χ2n) is 6.12. The van der Waals surface area contributed by atoms with E-state index in [9.17, 15) is 4.79 Å². The molecule has 1 aromatic carbocycles. The number of nitrogens with zero attached hydrogens (tertiary/aromatic N) is 4. The smallest absolute Gasteiger partial charge is 0.237 e. The van der Waals surface area contributed by atoms with E-state index in [-0.39, 0.29) is 11.7 Å². The molecule has 1 amide bonds. The molecule has 0 bridgehead atoms. The molecule has 0 N–H and O–H groups in total. The molecule has 6 heteroatoms. The summed E-state index contributed by atoms with van der Waals surface area (Å²) in [5.41, 5.74) is 4.04. The summed E-state index contributed by atoms with van der Waals surface area (Å²) >= 11 is 1.41. The maximum Gasteiger partial charge on any atom is 0.237 e. The zero-order valence-electron chi connectivity index (χ0n) is 14.8. The number of aryl methyl sites for hydroxylation is 2. The van der Waals surface area contributed by atoms with E-state index in [1.807, 2.05) is 54.8 Å². The molecule has 0 atom stereocenters. The third kappa shape index (κ3) is 4.06. The fourth-order valence-electron chi connectivity index (χ4n) is 2.90. The van der Waals surface area contributed by atoms with Crippen LogP contribution >= 0.6 is 11.8 Å². The predicted octanol–water partition coefficient (Wildman–Crippen LogP) is 3.99. The van der Waals surface area contributed by atoms with Gasteiger partial charge in [0.15, 0.2) is 5.16 Å². The molecule has 3 rings (SSSR count). The Hall–Kier alpha value is -2.78. The number of hydrogen-bond donors (Lipinski definition) is 0. The molecular weight excluding hydrogens is 344 g/mol. The van der Waals surface area contributed by atoms with Crippen molar-refractivity contribution in [2.75, 3.05) is 17.2 Å². The number of aromatic nitrogens is 2. The van der Waals surface area contributed by atoms with E-state index in [4.69, 9.17) is 5.26 Å². The third-order valence-corrected chi connectivity index (χ3v) is 4.95. The van der Waals surface area contributed by atoms with Gasteiger partial charge in [-0.15, -0.1) is 0 Å². The SMILES string of the molecule is Cc1cc(C)cc(N(CCC#N)C(=O)CSc2ncc3ccccn23)c1. The fourth-order valence-corrected chi connectivity index (χ4v) is 3.74. The zero-order chi connectivity index (χ0) is 18.5. The van der Waals surface area contributed by atoms with Crippen LogP contribution in [0.4, 0.5) is 5.69 Å². The molecule has 0 saturated heterocycles. The third-order valence-electron chi connectivity index (χ3n) is 4.00. The standard InChI is InChI=1S/C20H20N4OS/c1-15-10-16(2)12-18(11-15)23(9-5-7-21)19(25)14-26-20-22-13-17-6-3-4-8-24(17)20/h3-4,6,8,10-13H,5,9,14H2,1-2H3. The van der Waals surface area contributed by atoms with Gasteiger partial charge in [0.2, 0.25) is 5.91 Å². The van der Waals surface area contributed by atoms with Crippen LogP contribution in [0.1, 0.15) is 17.5 Å². The van der Waals surface area contributed by atoms with E-state index in [0.717, 1.165) is 27.5 Å². The van der Waals surface area contributed by atoms with Crippen molar-refractivity contribution >= 4 is 28.9 Å². The normalized spacial score (nSPS) is 10.7. The van der Waals surface area contributed by atoms with Crippen LogP contribution in [0.15, 0.2) is 53.9 Å². The van der Waals surface area contributed by atoms with E-state index in [1.165, 1.54) is 11.8 Å². The van der Waals surface area contributed by atoms with Crippen LogP contribution in [-0.2, 0) is 4.79 Å². The highest BCUT2D eigenvalue weighted by Crippen LogP contribution is 2.23. The van der Waals surface area contributed by atoms with Crippen molar-refractivity contribution in [2.24, 2.45) is 0 Å². The van der Waals surface area contributed by atoms with Crippen molar-refractivity contribution in [1.82, 2.24) is 9.38 Å². The maximum atomic E-state index is 12.9. The Kier molecular flexibility index (Phi) is 5.59. The lowest BCUT2D eigenvalue weighted by atomic mass is 10.1. The Labute approximate surface area is 157 Å². The number of fused-ring (bicyclic) bond motifs is 1. The van der Waals surface area contributed by atoms with E-state index < -0.39 is 0 Å². The number of thioether (sulfide) groups is 1. The molecule has 0 aliphatic rings. The average molecular weight is 364 g/mol. The highest BCUT2D eigenvalue weighted by molar-refractivity contribution is 7.99. The number of imidazole rings is 1. The fraction of sp³-hybridized carbons (Fsp3) is 0.250. The van der Waals surface area contributed by atoms with Crippen LogP contribution in [0.2, 0.25) is 0 Å². The maximum absolute atomic E-state index is 12.9. The quantitative estimate of drug-likeness (QED) is 0.621. The molecule has 5 nitrogen and oxygen atoms in total. The van der Waals surface area contributed by atoms with Gasteiger partial charge in [0, 0.05) is 18.4 Å². The summed E-state index contributed by atoms with van der Waals surface area (Å²) in [4.78, 5) is 19.0. The van der Waals surface area contributed by atoms with Gasteiger partial charge in [0.25, 0.3) is 0 Å². The van der Waals surface area contributed by atoms with Gasteiger partial charge in [0.05, 0.1) is 30.0 Å². The summed E-state index contributed by atoms with van der Waals surface area (Å²) in [7, 11) is 0. The Balaban J connectivity index is 1.78. The molecular formula is C20H20N4OS. The minimum Gasteiger partial charge on any atom is -0.311 e. The lowest BCUT2D eigenvalue weighted by Crippen LogP contribution is -2.33. The Bertz CT molecular complexity index is 953. The van der Waals surface area contributed by atoms with Crippen LogP contribution in [0.3, 0.4) is 0 Å². The van der Waals surface area contributed by atoms with E-state index in [0.29, 0.717) is 13.0 Å². The largest absolute Gasteiger partial charge is 0.311 e. The monoisotopic (exact) mass is 364 g/mol. The van der Waals surface area contributed by atoms with Crippen molar-refractivity contribution in [3.63, 3.8) is 0 Å². The van der Waals surface area contributed by atoms with Crippen molar-refractivity contribution in [2.45, 2.75) is 25.4 Å². The molecule has 0 radical (unpaired) electrons. The Morgan fingerprint density at radius 2 is 2.04 bits per heavy atom. The average Bonchev–Trinajstić information content (AvgIpc) is 3.02. The van der Waals surface area contributed by atoms with Gasteiger partial charge in [-0.1, -0.05) is 23.9 Å². The lowest BCUT2D eigenvalue weighted by molar-refractivity contribution is -0.116. The Morgan fingerprint density at radius 1 is 1.27 bits per heavy atom. The number of carbonyl (C=O) groups excluding carboxylic acids is 1. The summed E-state index contributed by atoms with van der Waals surface area (Å²) in [5, 5.41) is 9.73. The predicted molar refractivity (Wildman–Crippen MR) is 104 cm³/mol. The molecule has 0 aliphatic carbocycles. The number of amides is 1. The summed E-state index contributed by atoms with van der Waals surface area (Å²) in [6.45, 7) is 4.41. The topological polar surface area (TPSA) is 61.4 Å². The zero-order valence-corrected chi connectivity index (χ0v) is 15.7. The second kappa shape index (κ2) is 8.07. The number of rotatable bonds is 6. The van der Waals surface area contributed by atoms with Crippen LogP contribution in [-0.4, -0.2) is 27.6 Å². The molecule has 0 fully saturated rings. The van der Waals surface area contributed by atoms with Crippen LogP contribution < -0.4 is 4.90 Å². The number of benzene rings is 1. The highest BCUT2D eigenvalue weighted by atomic mass is 32.2. The molecule has 0 unspecified atom stereocenters. The molecule has 3 aromatic rings. The summed E-state index contributed by atoms with van der Waals surface area (Å²) in [5.74, 6) is 0.245. The summed E-state index contributed by atoms with van der Waals surface area (Å²) < 4.78 is 1.97. The first-order chi connectivity index (χ1) is 12.6. The molecule has 132 valence electrons. The van der Waals surface area contributed by atoms with Gasteiger partial charge < -0.3 is 4.90 Å². The first-order valence-electron chi connectivity index (χ1n) is 8.39. The first kappa shape index (κ1) is 18.0. The molecule has 2 heterocycles. The second-order valence-corrected chi connectivity index (χ2v) is 7.07. The van der Waals surface area contributed by atoms with Crippen molar-refractivity contribution < 1.29 is 4.79 Å². The van der Waals surface area contributed by atoms with E-state index >= 15 is 0 Å². The number of pyridine rings is 1. The van der Waals surface area contributed by atoms with E-state index in [2.05, 4.69) is 17.1 Å². The summed E-state index contributed by atoms with van der Waals surface area (Å²) in [6, 6.07) is 14.0. The van der Waals surface area contributed by atoms with E-state index in [1.54, 1.807) is 11.1 Å². The minimum atomic E-state index is -0.0251. The first-order valence-corrected chi connectivity index (χ1v) is 9.37. The number of hydrogen-bond acceptors (Lipinski definition) is 4. The van der Waals surface area contributed by atoms with Crippen LogP contribution in [0.5, 0.6) is 0 Å². The molecule has 0 aliphatic heterocycles. The Morgan fingerprint density at radius 3 is 2.77 bits per heavy atom. The molecule has 0 spiro atoms. The summed E-state index contributed by atoms with van der Waals surface area (Å²) in [6.07, 6.45) is 4.03. The molecule has 2 aromatic heterocycles. The van der Waals surface area contributed by atoms with Gasteiger partial charge in [-0.05, 0) is 49.2 Å². The van der Waals surface area contributed by atoms with Crippen molar-refractivity contribution in [3.05, 3.63) is 59.9 Å². The van der Waals surface area contributed by atoms with Crippen LogP contribution in [0, 0.1) is 25.2 Å². The lowest BCUT2D eigenvalue weighted by Gasteiger charge is -2.22. The molecule has 0 saturated carbocycles. The van der Waals surface area contributed by atoms with Gasteiger partial charge in [-0.3, -0.25) is 9.20 Å². The number of carbonyl (C=O) groups is 1.